The minimum Gasteiger partial charge on any atom is -0.457 e. The Morgan fingerprint density at radius 3 is 3.12 bits per heavy atom. The van der Waals surface area contributed by atoms with Crippen molar-refractivity contribution in [2.45, 2.75) is 25.0 Å². The Labute approximate surface area is 98.0 Å². The molecule has 2 aliphatic carbocycles. The monoisotopic (exact) mass is 233 g/mol. The van der Waals surface area contributed by atoms with E-state index < -0.39 is 29.6 Å². The van der Waals surface area contributed by atoms with Crippen LogP contribution in [0.2, 0.25) is 0 Å². The molecule has 0 N–H and O–H groups in total. The number of rotatable bonds is 2. The first-order valence-corrected chi connectivity index (χ1v) is 5.58. The van der Waals surface area contributed by atoms with E-state index in [2.05, 4.69) is 12.6 Å². The number of fused-ring (bicyclic) bond motifs is 1. The summed E-state index contributed by atoms with van der Waals surface area (Å²) in [4.78, 5) is 22.9. The number of hydrogen-bond donors (Lipinski definition) is 0. The van der Waals surface area contributed by atoms with Crippen molar-refractivity contribution in [3.63, 3.8) is 0 Å². The average molecular weight is 233 g/mol. The van der Waals surface area contributed by atoms with E-state index in [4.69, 9.17) is 9.47 Å². The molecule has 0 amide bonds. The summed E-state index contributed by atoms with van der Waals surface area (Å²) in [6.45, 7) is 3.34. The Morgan fingerprint density at radius 1 is 1.71 bits per heavy atom. The molecule has 2 bridgehead atoms. The minimum absolute atomic E-state index is 0.0556. The van der Waals surface area contributed by atoms with Gasteiger partial charge in [-0.2, -0.15) is 5.26 Å². The highest BCUT2D eigenvalue weighted by Gasteiger charge is 2.72. The zero-order valence-electron chi connectivity index (χ0n) is 9.09. The van der Waals surface area contributed by atoms with Crippen molar-refractivity contribution in [1.82, 2.24) is 0 Å². The van der Waals surface area contributed by atoms with Crippen LogP contribution in [0, 0.1) is 28.6 Å². The smallest absolute Gasteiger partial charge is 0.330 e. The highest BCUT2D eigenvalue weighted by molar-refractivity contribution is 5.85. The van der Waals surface area contributed by atoms with Crippen molar-refractivity contribution in [3.05, 3.63) is 12.7 Å². The maximum atomic E-state index is 11.7. The van der Waals surface area contributed by atoms with Crippen LogP contribution in [0.4, 0.5) is 0 Å². The maximum Gasteiger partial charge on any atom is 0.330 e. The summed E-state index contributed by atoms with van der Waals surface area (Å²) >= 11 is 0. The van der Waals surface area contributed by atoms with Crippen LogP contribution in [-0.2, 0) is 19.1 Å². The highest BCUT2D eigenvalue weighted by atomic mass is 16.6. The van der Waals surface area contributed by atoms with Gasteiger partial charge in [-0.05, 0) is 12.8 Å². The topological polar surface area (TPSA) is 76.4 Å². The molecule has 1 heterocycles. The van der Waals surface area contributed by atoms with Crippen LogP contribution in [0.3, 0.4) is 0 Å². The molecule has 3 aliphatic rings. The molecule has 1 saturated heterocycles. The molecule has 3 rings (SSSR count). The van der Waals surface area contributed by atoms with Crippen LogP contribution >= 0.6 is 0 Å². The van der Waals surface area contributed by atoms with E-state index in [-0.39, 0.29) is 11.8 Å². The zero-order chi connectivity index (χ0) is 12.2. The van der Waals surface area contributed by atoms with Crippen molar-refractivity contribution in [2.75, 3.05) is 0 Å². The lowest BCUT2D eigenvalue weighted by Crippen LogP contribution is -2.39. The third-order valence-electron chi connectivity index (χ3n) is 4.18. The number of hydrogen-bond acceptors (Lipinski definition) is 5. The third-order valence-corrected chi connectivity index (χ3v) is 4.18. The van der Waals surface area contributed by atoms with Gasteiger partial charge in [0.05, 0.1) is 6.07 Å². The van der Waals surface area contributed by atoms with Gasteiger partial charge in [-0.3, -0.25) is 4.79 Å². The van der Waals surface area contributed by atoms with E-state index in [1.165, 1.54) is 0 Å². The second-order valence-electron chi connectivity index (χ2n) is 4.87. The Balaban J connectivity index is 1.89. The van der Waals surface area contributed by atoms with Crippen LogP contribution < -0.4 is 0 Å². The van der Waals surface area contributed by atoms with E-state index >= 15 is 0 Å². The van der Waals surface area contributed by atoms with Gasteiger partial charge in [0.2, 0.25) is 0 Å². The lowest BCUT2D eigenvalue weighted by molar-refractivity contribution is -0.157. The summed E-state index contributed by atoms with van der Waals surface area (Å²) in [5, 5.41) is 9.18. The number of carbonyl (C=O) groups is 2. The molecule has 2 saturated carbocycles. The molecule has 5 unspecified atom stereocenters. The van der Waals surface area contributed by atoms with Gasteiger partial charge in [-0.1, -0.05) is 6.58 Å². The van der Waals surface area contributed by atoms with Gasteiger partial charge < -0.3 is 9.47 Å². The largest absolute Gasteiger partial charge is 0.457 e. The Hall–Kier alpha value is -1.83. The summed E-state index contributed by atoms with van der Waals surface area (Å²) in [7, 11) is 0. The molecule has 5 atom stereocenters. The van der Waals surface area contributed by atoms with Crippen LogP contribution in [0.15, 0.2) is 12.7 Å². The zero-order valence-corrected chi connectivity index (χ0v) is 9.09. The molecule has 0 radical (unpaired) electrons. The first-order valence-electron chi connectivity index (χ1n) is 5.58. The lowest BCUT2D eigenvalue weighted by Gasteiger charge is -2.27. The third kappa shape index (κ3) is 1.08. The normalized spacial score (nSPS) is 45.2. The predicted octanol–water partition coefficient (Wildman–Crippen LogP) is 0.559. The summed E-state index contributed by atoms with van der Waals surface area (Å²) < 4.78 is 10.4. The number of nitrogens with zero attached hydrogens (tertiary/aromatic N) is 1. The number of carbonyl (C=O) groups excluding carboxylic acids is 2. The van der Waals surface area contributed by atoms with Crippen LogP contribution in [0.1, 0.15) is 12.8 Å². The van der Waals surface area contributed by atoms with E-state index in [1.807, 2.05) is 0 Å². The van der Waals surface area contributed by atoms with Crippen molar-refractivity contribution in [3.8, 4) is 6.07 Å². The lowest BCUT2D eigenvalue weighted by atomic mass is 9.75. The molecule has 0 spiro atoms. The standard InChI is InChI=1S/C12H11NO4/c1-2-8(14)16-9-6-3-7-10(9)17-11(15)12(7,4-6)5-13/h2,6-7,9-10H,1,3-4H2. The Bertz CT molecular complexity index is 466. The molecule has 5 nitrogen and oxygen atoms in total. The molecule has 88 valence electrons. The van der Waals surface area contributed by atoms with Gasteiger partial charge in [0.15, 0.2) is 5.41 Å². The second kappa shape index (κ2) is 3.10. The molecule has 1 aliphatic heterocycles. The van der Waals surface area contributed by atoms with E-state index in [0.717, 1.165) is 12.5 Å². The van der Waals surface area contributed by atoms with Gasteiger partial charge >= 0.3 is 11.9 Å². The molecule has 5 heteroatoms. The first kappa shape index (κ1) is 10.3. The van der Waals surface area contributed by atoms with E-state index in [9.17, 15) is 14.9 Å². The first-order chi connectivity index (χ1) is 8.12. The molecule has 3 fully saturated rings. The van der Waals surface area contributed by atoms with Crippen LogP contribution in [-0.4, -0.2) is 24.1 Å². The molecular formula is C12H11NO4. The average Bonchev–Trinajstić information content (AvgIpc) is 2.90. The summed E-state index contributed by atoms with van der Waals surface area (Å²) in [5.41, 5.74) is -0.980. The van der Waals surface area contributed by atoms with Crippen LogP contribution in [0.25, 0.3) is 0 Å². The number of esters is 2. The highest BCUT2D eigenvalue weighted by Crippen LogP contribution is 2.62. The summed E-state index contributed by atoms with van der Waals surface area (Å²) in [5.74, 6) is -1.02. The fourth-order valence-corrected chi connectivity index (χ4v) is 3.47. The van der Waals surface area contributed by atoms with Gasteiger partial charge in [0.25, 0.3) is 0 Å². The summed E-state index contributed by atoms with van der Waals surface area (Å²) in [6, 6.07) is 2.10. The van der Waals surface area contributed by atoms with Crippen molar-refractivity contribution >= 4 is 11.9 Å². The van der Waals surface area contributed by atoms with Crippen molar-refractivity contribution < 1.29 is 19.1 Å². The fraction of sp³-hybridized carbons (Fsp3) is 0.583. The molecule has 0 aromatic carbocycles. The predicted molar refractivity (Wildman–Crippen MR) is 54.2 cm³/mol. The molecule has 0 aromatic heterocycles. The van der Waals surface area contributed by atoms with E-state index in [1.54, 1.807) is 0 Å². The molecule has 17 heavy (non-hydrogen) atoms. The molecular weight excluding hydrogens is 222 g/mol. The van der Waals surface area contributed by atoms with Crippen LogP contribution in [0.5, 0.6) is 0 Å². The Kier molecular flexibility index (Phi) is 1.88. The van der Waals surface area contributed by atoms with Gasteiger partial charge in [0.1, 0.15) is 12.2 Å². The SMILES string of the molecule is C=CC(=O)OC1C2CC3C1OC(=O)C3(C#N)C2. The van der Waals surface area contributed by atoms with Crippen molar-refractivity contribution in [2.24, 2.45) is 17.3 Å². The maximum absolute atomic E-state index is 11.7. The summed E-state index contributed by atoms with van der Waals surface area (Å²) in [6.07, 6.45) is 1.42. The van der Waals surface area contributed by atoms with E-state index in [0.29, 0.717) is 6.42 Å². The molecule has 0 aromatic rings. The quantitative estimate of drug-likeness (QED) is 0.514. The van der Waals surface area contributed by atoms with Gasteiger partial charge in [0, 0.05) is 17.9 Å². The minimum atomic E-state index is -0.980. The Morgan fingerprint density at radius 2 is 2.47 bits per heavy atom. The van der Waals surface area contributed by atoms with Gasteiger partial charge in [-0.25, -0.2) is 4.79 Å². The van der Waals surface area contributed by atoms with Crippen molar-refractivity contribution in [1.29, 1.82) is 5.26 Å². The fourth-order valence-electron chi connectivity index (χ4n) is 3.47. The number of nitriles is 1. The second-order valence-corrected chi connectivity index (χ2v) is 4.87. The van der Waals surface area contributed by atoms with Gasteiger partial charge in [-0.15, -0.1) is 0 Å². The number of ether oxygens (including phenoxy) is 2.